The number of hydrogen-bond donors (Lipinski definition) is 2. The van der Waals surface area contributed by atoms with E-state index in [1.54, 1.807) is 24.3 Å². The third-order valence-electron chi connectivity index (χ3n) is 4.02. The monoisotopic (exact) mass is 445 g/mol. The average molecular weight is 446 g/mol. The minimum Gasteiger partial charge on any atom is -0.301 e. The second kappa shape index (κ2) is 8.76. The highest BCUT2D eigenvalue weighted by Gasteiger charge is 2.38. The molecule has 2 N–H and O–H groups in total. The molecule has 0 bridgehead atoms. The molecule has 3 amide bonds. The number of carbonyl (C=O) groups excluding carboxylic acids is 3. The van der Waals surface area contributed by atoms with Gasteiger partial charge in [0.05, 0.1) is 10.6 Å². The molecule has 0 aliphatic carbocycles. The van der Waals surface area contributed by atoms with E-state index in [0.717, 1.165) is 11.1 Å². The molecular weight excluding hydrogens is 434 g/mol. The van der Waals surface area contributed by atoms with Crippen molar-refractivity contribution >= 4 is 64.2 Å². The number of amides is 3. The Labute approximate surface area is 179 Å². The molecule has 1 fully saturated rings. The maximum absolute atomic E-state index is 12.8. The first-order valence-corrected chi connectivity index (χ1v) is 9.09. The fraction of sp³-hybridized carbons (Fsp3) is 0.0556. The van der Waals surface area contributed by atoms with Gasteiger partial charge < -0.3 is 5.32 Å². The second-order valence-electron chi connectivity index (χ2n) is 5.95. The molecule has 1 atom stereocenters. The van der Waals surface area contributed by atoms with Crippen molar-refractivity contribution in [1.82, 2.24) is 10.7 Å². The molecule has 3 rings (SSSR count). The van der Waals surface area contributed by atoms with Crippen LogP contribution < -0.4 is 15.6 Å². The van der Waals surface area contributed by atoms with Crippen molar-refractivity contribution < 1.29 is 19.3 Å². The average Bonchev–Trinajstić information content (AvgIpc) is 2.71. The van der Waals surface area contributed by atoms with Gasteiger partial charge in [0, 0.05) is 28.9 Å². The summed E-state index contributed by atoms with van der Waals surface area (Å²) in [4.78, 5) is 48.2. The largest absolute Gasteiger partial charge is 0.301 e. The van der Waals surface area contributed by atoms with Crippen molar-refractivity contribution in [2.24, 2.45) is 11.0 Å². The van der Waals surface area contributed by atoms with Gasteiger partial charge in [-0.3, -0.25) is 29.4 Å². The fourth-order valence-electron chi connectivity index (χ4n) is 2.53. The van der Waals surface area contributed by atoms with E-state index in [1.165, 1.54) is 24.3 Å². The van der Waals surface area contributed by atoms with Crippen molar-refractivity contribution in [3.05, 3.63) is 69.2 Å². The van der Waals surface area contributed by atoms with Crippen LogP contribution in [0.15, 0.2) is 53.6 Å². The number of halogens is 1. The van der Waals surface area contributed by atoms with Crippen molar-refractivity contribution in [2.75, 3.05) is 4.90 Å². The lowest BCUT2D eigenvalue weighted by Crippen LogP contribution is -2.58. The van der Waals surface area contributed by atoms with E-state index < -0.39 is 28.6 Å². The molecule has 1 aliphatic rings. The highest BCUT2D eigenvalue weighted by atomic mass is 35.5. The summed E-state index contributed by atoms with van der Waals surface area (Å²) in [5.74, 6) is -3.35. The number of benzene rings is 2. The predicted molar refractivity (Wildman–Crippen MR) is 112 cm³/mol. The van der Waals surface area contributed by atoms with Crippen LogP contribution in [0.5, 0.6) is 0 Å². The minimum atomic E-state index is -1.33. The van der Waals surface area contributed by atoms with Crippen molar-refractivity contribution in [2.45, 2.75) is 0 Å². The lowest BCUT2D eigenvalue weighted by molar-refractivity contribution is -0.384. The van der Waals surface area contributed by atoms with Crippen LogP contribution in [0.3, 0.4) is 0 Å². The van der Waals surface area contributed by atoms with Gasteiger partial charge in [-0.05, 0) is 48.6 Å². The van der Waals surface area contributed by atoms with E-state index in [1.807, 2.05) is 0 Å². The van der Waals surface area contributed by atoms with Crippen LogP contribution in [0.4, 0.5) is 11.4 Å². The summed E-state index contributed by atoms with van der Waals surface area (Å²) in [6, 6.07) is 11.1. The standard InChI is InChI=1S/C18H12ClN5O5S/c19-11-3-7-12(8-4-11)23-17(27)14(16(26)21-18(23)30)9-20-22-15(25)10-1-5-13(6-2-10)24(28)29/h1-9,14H,(H,22,25)(H,21,26,30)/b20-9-/t14-/m1/s1. The lowest BCUT2D eigenvalue weighted by Gasteiger charge is -2.30. The Morgan fingerprint density at radius 1 is 1.20 bits per heavy atom. The van der Waals surface area contributed by atoms with E-state index >= 15 is 0 Å². The van der Waals surface area contributed by atoms with Crippen molar-refractivity contribution in [1.29, 1.82) is 0 Å². The zero-order valence-corrected chi connectivity index (χ0v) is 16.5. The van der Waals surface area contributed by atoms with Crippen LogP contribution in [0.25, 0.3) is 0 Å². The number of thiocarbonyl (C=S) groups is 1. The number of carbonyl (C=O) groups is 3. The molecule has 2 aromatic carbocycles. The molecule has 1 saturated heterocycles. The first-order valence-electron chi connectivity index (χ1n) is 8.30. The number of non-ortho nitro benzene ring substituents is 1. The lowest BCUT2D eigenvalue weighted by atomic mass is 10.1. The molecule has 0 spiro atoms. The van der Waals surface area contributed by atoms with Crippen LogP contribution >= 0.6 is 23.8 Å². The molecule has 0 radical (unpaired) electrons. The van der Waals surface area contributed by atoms with Gasteiger partial charge in [-0.15, -0.1) is 0 Å². The molecule has 0 saturated carbocycles. The summed E-state index contributed by atoms with van der Waals surface area (Å²) in [5, 5.41) is 17.1. The first kappa shape index (κ1) is 21.0. The van der Waals surface area contributed by atoms with Gasteiger partial charge >= 0.3 is 0 Å². The van der Waals surface area contributed by atoms with E-state index in [-0.39, 0.29) is 16.4 Å². The van der Waals surface area contributed by atoms with Gasteiger partial charge in [0.1, 0.15) is 0 Å². The quantitative estimate of drug-likeness (QED) is 0.238. The Bertz CT molecular complexity index is 1070. The molecule has 30 heavy (non-hydrogen) atoms. The molecule has 1 heterocycles. The number of hydrogen-bond acceptors (Lipinski definition) is 7. The normalized spacial score (nSPS) is 16.5. The summed E-state index contributed by atoms with van der Waals surface area (Å²) < 4.78 is 0. The van der Waals surface area contributed by atoms with Gasteiger partial charge in [-0.1, -0.05) is 11.6 Å². The molecule has 0 unspecified atom stereocenters. The van der Waals surface area contributed by atoms with Crippen LogP contribution in [0.1, 0.15) is 10.4 Å². The highest BCUT2D eigenvalue weighted by Crippen LogP contribution is 2.22. The van der Waals surface area contributed by atoms with Crippen molar-refractivity contribution in [3.63, 3.8) is 0 Å². The van der Waals surface area contributed by atoms with E-state index in [0.29, 0.717) is 10.7 Å². The number of nitro benzene ring substituents is 1. The summed E-state index contributed by atoms with van der Waals surface area (Å²) >= 11 is 10.9. The van der Waals surface area contributed by atoms with Crippen LogP contribution in [0, 0.1) is 16.0 Å². The number of nitro groups is 1. The summed E-state index contributed by atoms with van der Waals surface area (Å²) in [7, 11) is 0. The van der Waals surface area contributed by atoms with Gasteiger partial charge in [-0.25, -0.2) is 5.43 Å². The first-order chi connectivity index (χ1) is 14.3. The van der Waals surface area contributed by atoms with Gasteiger partial charge in [0.15, 0.2) is 11.0 Å². The number of hydrazone groups is 1. The molecule has 1 aliphatic heterocycles. The molecule has 0 aromatic heterocycles. The second-order valence-corrected chi connectivity index (χ2v) is 6.77. The predicted octanol–water partition coefficient (Wildman–Crippen LogP) is 2.03. The minimum absolute atomic E-state index is 0.0908. The fourth-order valence-corrected chi connectivity index (χ4v) is 2.95. The molecule has 12 heteroatoms. The summed E-state index contributed by atoms with van der Waals surface area (Å²) in [6.45, 7) is 0. The summed E-state index contributed by atoms with van der Waals surface area (Å²) in [5.41, 5.74) is 2.52. The Hall–Kier alpha value is -3.70. The zero-order chi connectivity index (χ0) is 21.8. The third-order valence-corrected chi connectivity index (χ3v) is 4.55. The number of rotatable bonds is 5. The Balaban J connectivity index is 1.71. The Morgan fingerprint density at radius 3 is 2.43 bits per heavy atom. The van der Waals surface area contributed by atoms with Gasteiger partial charge in [0.2, 0.25) is 5.91 Å². The molecule has 2 aromatic rings. The Kier molecular flexibility index (Phi) is 6.14. The third kappa shape index (κ3) is 4.47. The van der Waals surface area contributed by atoms with Crippen LogP contribution in [0.2, 0.25) is 5.02 Å². The SMILES string of the molecule is O=C(N/N=C\[C@@H]1C(=O)NC(=S)N(c2ccc(Cl)cc2)C1=O)c1ccc([N+](=O)[O-])cc1. The number of anilines is 1. The maximum atomic E-state index is 12.8. The van der Waals surface area contributed by atoms with Crippen molar-refractivity contribution in [3.8, 4) is 0 Å². The number of nitrogens with zero attached hydrogens (tertiary/aromatic N) is 3. The zero-order valence-electron chi connectivity index (χ0n) is 14.9. The summed E-state index contributed by atoms with van der Waals surface area (Å²) in [6.07, 6.45) is 0.978. The topological polar surface area (TPSA) is 134 Å². The number of nitrogens with one attached hydrogen (secondary N) is 2. The van der Waals surface area contributed by atoms with E-state index in [9.17, 15) is 24.5 Å². The molecule has 10 nitrogen and oxygen atoms in total. The maximum Gasteiger partial charge on any atom is 0.271 e. The smallest absolute Gasteiger partial charge is 0.271 e. The van der Waals surface area contributed by atoms with E-state index in [4.69, 9.17) is 23.8 Å². The molecule has 152 valence electrons. The highest BCUT2D eigenvalue weighted by molar-refractivity contribution is 7.80. The van der Waals surface area contributed by atoms with Crippen LogP contribution in [-0.2, 0) is 9.59 Å². The van der Waals surface area contributed by atoms with Gasteiger partial charge in [-0.2, -0.15) is 5.10 Å². The Morgan fingerprint density at radius 2 is 1.83 bits per heavy atom. The van der Waals surface area contributed by atoms with Crippen LogP contribution in [-0.4, -0.2) is 34.0 Å². The van der Waals surface area contributed by atoms with E-state index in [2.05, 4.69) is 15.8 Å². The molecular formula is C18H12ClN5O5S. The van der Waals surface area contributed by atoms with Gasteiger partial charge in [0.25, 0.3) is 17.5 Å².